The summed E-state index contributed by atoms with van der Waals surface area (Å²) >= 11 is 3.65. The fourth-order valence-electron chi connectivity index (χ4n) is 1.38. The third-order valence-electron chi connectivity index (χ3n) is 2.04. The second kappa shape index (κ2) is 5.72. The van der Waals surface area contributed by atoms with Gasteiger partial charge in [0.05, 0.1) is 0 Å². The summed E-state index contributed by atoms with van der Waals surface area (Å²) in [5, 5.41) is 0. The summed E-state index contributed by atoms with van der Waals surface area (Å²) in [5.74, 6) is 1.47. The van der Waals surface area contributed by atoms with Gasteiger partial charge in [0, 0.05) is 9.79 Å². The molecule has 0 atom stereocenters. The molecule has 2 heteroatoms. The summed E-state index contributed by atoms with van der Waals surface area (Å²) in [6.45, 7) is 4.37. The van der Waals surface area contributed by atoms with Crippen molar-refractivity contribution in [2.24, 2.45) is 0 Å². The number of benzene rings is 1. The highest BCUT2D eigenvalue weighted by molar-refractivity contribution is 7.99. The van der Waals surface area contributed by atoms with Gasteiger partial charge in [-0.3, -0.25) is 0 Å². The summed E-state index contributed by atoms with van der Waals surface area (Å²) in [6.07, 6.45) is 5.37. The highest BCUT2D eigenvalue weighted by atomic mass is 32.2. The van der Waals surface area contributed by atoms with Crippen molar-refractivity contribution < 1.29 is 0 Å². The Labute approximate surface area is 95.9 Å². The zero-order valence-corrected chi connectivity index (χ0v) is 10.9. The molecule has 0 aliphatic carbocycles. The fourth-order valence-corrected chi connectivity index (χ4v) is 2.54. The van der Waals surface area contributed by atoms with Gasteiger partial charge in [0.15, 0.2) is 0 Å². The van der Waals surface area contributed by atoms with Gasteiger partial charge < -0.3 is 0 Å². The van der Waals surface area contributed by atoms with Crippen molar-refractivity contribution in [1.82, 2.24) is 0 Å². The number of rotatable bonds is 4. The molecule has 0 aromatic heterocycles. The Morgan fingerprint density at radius 2 is 1.86 bits per heavy atom. The van der Waals surface area contributed by atoms with Crippen molar-refractivity contribution in [3.05, 3.63) is 29.7 Å². The average Bonchev–Trinajstić information content (AvgIpc) is 2.17. The third-order valence-corrected chi connectivity index (χ3v) is 3.58. The van der Waals surface area contributed by atoms with Gasteiger partial charge >= 0.3 is 0 Å². The van der Waals surface area contributed by atoms with Crippen LogP contribution in [0, 0.1) is 5.92 Å². The number of hydrogen-bond donors (Lipinski definition) is 0. The molecule has 0 amide bonds. The fraction of sp³-hybridized carbons (Fsp3) is 0.417. The summed E-state index contributed by atoms with van der Waals surface area (Å²) < 4.78 is 0. The molecule has 0 saturated carbocycles. The van der Waals surface area contributed by atoms with Gasteiger partial charge in [-0.25, -0.2) is 0 Å². The van der Waals surface area contributed by atoms with Crippen LogP contribution >= 0.6 is 23.5 Å². The molecular formula is C12H17S2. The molecule has 0 spiro atoms. The summed E-state index contributed by atoms with van der Waals surface area (Å²) in [4.78, 5) is 2.77. The Kier molecular flexibility index (Phi) is 4.90. The minimum Gasteiger partial charge on any atom is -0.130 e. The van der Waals surface area contributed by atoms with Crippen LogP contribution in [0.5, 0.6) is 0 Å². The first-order valence-electron chi connectivity index (χ1n) is 4.67. The highest BCUT2D eigenvalue weighted by Crippen LogP contribution is 2.27. The Balaban J connectivity index is 2.93. The van der Waals surface area contributed by atoms with E-state index in [-0.39, 0.29) is 0 Å². The lowest BCUT2D eigenvalue weighted by molar-refractivity contribution is 0.932. The first kappa shape index (κ1) is 12.0. The molecule has 1 aromatic rings. The largest absolute Gasteiger partial charge is 0.130 e. The van der Waals surface area contributed by atoms with Crippen molar-refractivity contribution in [3.8, 4) is 0 Å². The first-order valence-corrected chi connectivity index (χ1v) is 7.12. The molecule has 0 unspecified atom stereocenters. The molecule has 0 aliphatic rings. The molecule has 0 N–H and O–H groups in total. The molecule has 0 heterocycles. The van der Waals surface area contributed by atoms with Crippen LogP contribution in [0.4, 0.5) is 0 Å². The highest BCUT2D eigenvalue weighted by Gasteiger charge is 2.05. The van der Waals surface area contributed by atoms with Crippen LogP contribution in [0.15, 0.2) is 28.0 Å². The van der Waals surface area contributed by atoms with Crippen molar-refractivity contribution in [2.75, 3.05) is 12.5 Å². The van der Waals surface area contributed by atoms with Crippen LogP contribution in [0.3, 0.4) is 0 Å². The molecule has 1 aromatic carbocycles. The van der Waals surface area contributed by atoms with E-state index >= 15 is 0 Å². The zero-order valence-electron chi connectivity index (χ0n) is 9.26. The van der Waals surface area contributed by atoms with Gasteiger partial charge in [-0.1, -0.05) is 19.9 Å². The van der Waals surface area contributed by atoms with Crippen LogP contribution in [-0.2, 0) is 6.42 Å². The molecule has 0 fully saturated rings. The van der Waals surface area contributed by atoms with Gasteiger partial charge in [-0.15, -0.1) is 23.5 Å². The standard InChI is InChI=1S/C12H17S2/c1-9(2)7-10-5-6-11(13-3)8-12(10)14-4/h5-6,8H,7H2,1-4H3. The molecular weight excluding hydrogens is 208 g/mol. The minimum atomic E-state index is 1.10. The van der Waals surface area contributed by atoms with E-state index in [2.05, 4.69) is 44.6 Å². The van der Waals surface area contributed by atoms with E-state index in [1.54, 1.807) is 11.8 Å². The predicted molar refractivity (Wildman–Crippen MR) is 68.3 cm³/mol. The molecule has 1 radical (unpaired) electrons. The van der Waals surface area contributed by atoms with Crippen molar-refractivity contribution >= 4 is 23.5 Å². The maximum Gasteiger partial charge on any atom is 0.0112 e. The lowest BCUT2D eigenvalue weighted by Crippen LogP contribution is -1.94. The molecule has 1 rings (SSSR count). The van der Waals surface area contributed by atoms with E-state index < -0.39 is 0 Å². The number of thioether (sulfide) groups is 2. The minimum absolute atomic E-state index is 1.10. The summed E-state index contributed by atoms with van der Waals surface area (Å²) in [5.41, 5.74) is 1.45. The van der Waals surface area contributed by atoms with E-state index in [0.717, 1.165) is 6.42 Å². The summed E-state index contributed by atoms with van der Waals surface area (Å²) in [7, 11) is 0. The topological polar surface area (TPSA) is 0 Å². The molecule has 0 saturated heterocycles. The molecule has 77 valence electrons. The van der Waals surface area contributed by atoms with E-state index in [1.807, 2.05) is 11.8 Å². The third kappa shape index (κ3) is 3.25. The Hall–Kier alpha value is -0.0800. The molecule has 0 aliphatic heterocycles. The van der Waals surface area contributed by atoms with Crippen LogP contribution in [0.25, 0.3) is 0 Å². The van der Waals surface area contributed by atoms with Gasteiger partial charge in [0.1, 0.15) is 0 Å². The lowest BCUT2D eigenvalue weighted by atomic mass is 10.0. The van der Waals surface area contributed by atoms with E-state index in [9.17, 15) is 0 Å². The predicted octanol–water partition coefficient (Wildman–Crippen LogP) is 4.29. The summed E-state index contributed by atoms with van der Waals surface area (Å²) in [6, 6.07) is 6.75. The van der Waals surface area contributed by atoms with Gasteiger partial charge in [0.2, 0.25) is 0 Å². The van der Waals surface area contributed by atoms with Crippen molar-refractivity contribution in [3.63, 3.8) is 0 Å². The van der Waals surface area contributed by atoms with Crippen molar-refractivity contribution in [1.29, 1.82) is 0 Å². The number of hydrogen-bond acceptors (Lipinski definition) is 2. The monoisotopic (exact) mass is 225 g/mol. The van der Waals surface area contributed by atoms with E-state index in [4.69, 9.17) is 0 Å². The van der Waals surface area contributed by atoms with E-state index in [1.165, 1.54) is 21.3 Å². The molecule has 0 nitrogen and oxygen atoms in total. The van der Waals surface area contributed by atoms with Gasteiger partial charge in [0.25, 0.3) is 0 Å². The van der Waals surface area contributed by atoms with Crippen LogP contribution in [-0.4, -0.2) is 12.5 Å². The van der Waals surface area contributed by atoms with E-state index in [0.29, 0.717) is 0 Å². The second-order valence-corrected chi connectivity index (χ2v) is 5.29. The maximum atomic E-state index is 2.29. The Morgan fingerprint density at radius 1 is 1.14 bits per heavy atom. The second-order valence-electron chi connectivity index (χ2n) is 3.56. The van der Waals surface area contributed by atoms with Gasteiger partial charge in [-0.05, 0) is 42.5 Å². The normalized spacial score (nSPS) is 10.9. The zero-order chi connectivity index (χ0) is 10.6. The van der Waals surface area contributed by atoms with Gasteiger partial charge in [-0.2, -0.15) is 0 Å². The van der Waals surface area contributed by atoms with Crippen LogP contribution < -0.4 is 0 Å². The molecule has 0 bridgehead atoms. The first-order chi connectivity index (χ1) is 6.67. The average molecular weight is 225 g/mol. The maximum absolute atomic E-state index is 2.29. The Bertz CT molecular complexity index is 292. The van der Waals surface area contributed by atoms with Crippen LogP contribution in [0.1, 0.15) is 19.4 Å². The lowest BCUT2D eigenvalue weighted by Gasteiger charge is -2.10. The quantitative estimate of drug-likeness (QED) is 0.701. The van der Waals surface area contributed by atoms with Crippen molar-refractivity contribution in [2.45, 2.75) is 30.1 Å². The SMILES string of the molecule is CSc1ccc(C[C](C)C)c(SC)c1. The van der Waals surface area contributed by atoms with Crippen LogP contribution in [0.2, 0.25) is 0 Å². The smallest absolute Gasteiger partial charge is 0.0112 e. The molecule has 14 heavy (non-hydrogen) atoms. The Morgan fingerprint density at radius 3 is 2.36 bits per heavy atom.